The minimum Gasteiger partial charge on any atom is -0.491 e. The van der Waals surface area contributed by atoms with E-state index in [1.54, 1.807) is 19.1 Å². The molecule has 1 fully saturated rings. The lowest BCUT2D eigenvalue weighted by molar-refractivity contribution is 0.0926. The second-order valence-corrected chi connectivity index (χ2v) is 9.50. The third-order valence-electron chi connectivity index (χ3n) is 5.03. The summed E-state index contributed by atoms with van der Waals surface area (Å²) in [6.07, 6.45) is 1.74. The molecule has 1 saturated heterocycles. The van der Waals surface area contributed by atoms with E-state index in [-0.39, 0.29) is 16.8 Å². The Labute approximate surface area is 172 Å². The number of aryl methyl sites for hydroxylation is 2. The van der Waals surface area contributed by atoms with Gasteiger partial charge in [-0.15, -0.1) is 0 Å². The second kappa shape index (κ2) is 8.97. The molecule has 1 amide bonds. The topological polar surface area (TPSA) is 75.7 Å². The minimum absolute atomic E-state index is 0.204. The summed E-state index contributed by atoms with van der Waals surface area (Å²) in [5, 5.41) is 2.87. The molecule has 6 nitrogen and oxygen atoms in total. The van der Waals surface area contributed by atoms with Crippen molar-refractivity contribution in [1.29, 1.82) is 0 Å². The maximum Gasteiger partial charge on any atom is 0.251 e. The molecule has 1 N–H and O–H groups in total. The quantitative estimate of drug-likeness (QED) is 0.752. The van der Waals surface area contributed by atoms with Crippen molar-refractivity contribution < 1.29 is 17.9 Å². The zero-order valence-electron chi connectivity index (χ0n) is 17.1. The number of sulfonamides is 1. The molecule has 0 spiro atoms. The first-order chi connectivity index (χ1) is 13.8. The Morgan fingerprint density at radius 3 is 2.41 bits per heavy atom. The molecule has 1 aliphatic rings. The van der Waals surface area contributed by atoms with Crippen molar-refractivity contribution in [2.24, 2.45) is 0 Å². The normalized spacial score (nSPS) is 15.8. The second-order valence-electron chi connectivity index (χ2n) is 7.59. The van der Waals surface area contributed by atoms with Crippen molar-refractivity contribution in [3.8, 4) is 5.75 Å². The summed E-state index contributed by atoms with van der Waals surface area (Å²) >= 11 is 0. The molecule has 2 aromatic carbocycles. The summed E-state index contributed by atoms with van der Waals surface area (Å²) in [4.78, 5) is 12.9. The van der Waals surface area contributed by atoms with Gasteiger partial charge in [0.1, 0.15) is 12.4 Å². The standard InChI is InChI=1S/C22H28N2O4S/c1-16-6-10-20(11-7-16)28-15-18(3)23-22(25)19-9-8-17(2)21(14-19)29(26,27)24-12-4-5-13-24/h6-11,14,18H,4-5,12-13,15H2,1-3H3,(H,23,25)/t18-/m0/s1. The predicted molar refractivity (Wildman–Crippen MR) is 113 cm³/mol. The fourth-order valence-corrected chi connectivity index (χ4v) is 5.06. The van der Waals surface area contributed by atoms with Crippen LogP contribution in [0.3, 0.4) is 0 Å². The van der Waals surface area contributed by atoms with Crippen LogP contribution < -0.4 is 10.1 Å². The lowest BCUT2D eigenvalue weighted by atomic mass is 10.1. The monoisotopic (exact) mass is 416 g/mol. The molecule has 0 unspecified atom stereocenters. The number of carbonyl (C=O) groups excluding carboxylic acids is 1. The number of hydrogen-bond donors (Lipinski definition) is 1. The number of nitrogens with zero attached hydrogens (tertiary/aromatic N) is 1. The fraction of sp³-hybridized carbons (Fsp3) is 0.409. The van der Waals surface area contributed by atoms with E-state index in [1.807, 2.05) is 38.1 Å². The van der Waals surface area contributed by atoms with Crippen molar-refractivity contribution in [3.63, 3.8) is 0 Å². The predicted octanol–water partition coefficient (Wildman–Crippen LogP) is 3.29. The molecule has 1 atom stereocenters. The SMILES string of the molecule is Cc1ccc(OC[C@H](C)NC(=O)c2ccc(C)c(S(=O)(=O)N3CCCC3)c2)cc1. The number of amides is 1. The summed E-state index contributed by atoms with van der Waals surface area (Å²) in [6, 6.07) is 12.3. The Morgan fingerprint density at radius 1 is 1.10 bits per heavy atom. The zero-order chi connectivity index (χ0) is 21.0. The average Bonchev–Trinajstić information content (AvgIpc) is 3.23. The summed E-state index contributed by atoms with van der Waals surface area (Å²) in [5.41, 5.74) is 2.12. The van der Waals surface area contributed by atoms with Gasteiger partial charge in [-0.2, -0.15) is 4.31 Å². The maximum absolute atomic E-state index is 12.9. The van der Waals surface area contributed by atoms with Gasteiger partial charge >= 0.3 is 0 Å². The lowest BCUT2D eigenvalue weighted by Crippen LogP contribution is -2.37. The van der Waals surface area contributed by atoms with Gasteiger partial charge in [0.2, 0.25) is 10.0 Å². The van der Waals surface area contributed by atoms with Gasteiger partial charge in [0.15, 0.2) is 0 Å². The lowest BCUT2D eigenvalue weighted by Gasteiger charge is -2.19. The first kappa shape index (κ1) is 21.3. The van der Waals surface area contributed by atoms with E-state index in [1.165, 1.54) is 10.4 Å². The molecule has 0 aromatic heterocycles. The number of rotatable bonds is 7. The number of ether oxygens (including phenoxy) is 1. The van der Waals surface area contributed by atoms with E-state index < -0.39 is 10.0 Å². The van der Waals surface area contributed by atoms with Crippen LogP contribution in [0.4, 0.5) is 0 Å². The van der Waals surface area contributed by atoms with Crippen molar-refractivity contribution in [1.82, 2.24) is 9.62 Å². The molecule has 0 saturated carbocycles. The smallest absolute Gasteiger partial charge is 0.251 e. The Kier molecular flexibility index (Phi) is 6.59. The highest BCUT2D eigenvalue weighted by Crippen LogP contribution is 2.24. The highest BCUT2D eigenvalue weighted by atomic mass is 32.2. The zero-order valence-corrected chi connectivity index (χ0v) is 18.0. The van der Waals surface area contributed by atoms with Crippen molar-refractivity contribution in [2.75, 3.05) is 19.7 Å². The molecule has 0 bridgehead atoms. The van der Waals surface area contributed by atoms with Gasteiger partial charge in [0, 0.05) is 18.7 Å². The van der Waals surface area contributed by atoms with E-state index in [4.69, 9.17) is 4.74 Å². The van der Waals surface area contributed by atoms with Crippen molar-refractivity contribution in [2.45, 2.75) is 44.6 Å². The van der Waals surface area contributed by atoms with Crippen LogP contribution >= 0.6 is 0 Å². The molecular formula is C22H28N2O4S. The summed E-state index contributed by atoms with van der Waals surface area (Å²) in [6.45, 7) is 6.99. The number of hydrogen-bond acceptors (Lipinski definition) is 4. The van der Waals surface area contributed by atoms with Gasteiger partial charge in [0.05, 0.1) is 10.9 Å². The molecule has 156 valence electrons. The molecule has 1 heterocycles. The molecule has 2 aromatic rings. The Hall–Kier alpha value is -2.38. The number of nitrogens with one attached hydrogen (secondary N) is 1. The molecule has 29 heavy (non-hydrogen) atoms. The highest BCUT2D eigenvalue weighted by molar-refractivity contribution is 7.89. The van der Waals surface area contributed by atoms with Gasteiger partial charge in [-0.3, -0.25) is 4.79 Å². The van der Waals surface area contributed by atoms with Gasteiger partial charge < -0.3 is 10.1 Å². The van der Waals surface area contributed by atoms with Gasteiger partial charge in [0.25, 0.3) is 5.91 Å². The third-order valence-corrected chi connectivity index (χ3v) is 7.07. The van der Waals surface area contributed by atoms with Gasteiger partial charge in [-0.25, -0.2) is 8.42 Å². The molecule has 0 radical (unpaired) electrons. The van der Waals surface area contributed by atoms with Gasteiger partial charge in [-0.05, 0) is 63.4 Å². The van der Waals surface area contributed by atoms with Crippen LogP contribution in [0.25, 0.3) is 0 Å². The van der Waals surface area contributed by atoms with E-state index in [0.29, 0.717) is 30.8 Å². The van der Waals surface area contributed by atoms with E-state index >= 15 is 0 Å². The summed E-state index contributed by atoms with van der Waals surface area (Å²) in [7, 11) is -3.58. The molecule has 0 aliphatic carbocycles. The van der Waals surface area contributed by atoms with E-state index in [9.17, 15) is 13.2 Å². The molecule has 3 rings (SSSR count). The molecule has 1 aliphatic heterocycles. The highest BCUT2D eigenvalue weighted by Gasteiger charge is 2.29. The number of benzene rings is 2. The number of carbonyl (C=O) groups is 1. The van der Waals surface area contributed by atoms with Crippen LogP contribution in [0.1, 0.15) is 41.3 Å². The summed E-state index contributed by atoms with van der Waals surface area (Å²) in [5.74, 6) is 0.425. The van der Waals surface area contributed by atoms with Crippen LogP contribution in [-0.2, 0) is 10.0 Å². The fourth-order valence-electron chi connectivity index (χ4n) is 3.29. The molecular weight excluding hydrogens is 388 g/mol. The van der Waals surface area contributed by atoms with Crippen LogP contribution in [-0.4, -0.2) is 44.4 Å². The Morgan fingerprint density at radius 2 is 1.76 bits per heavy atom. The van der Waals surface area contributed by atoms with Crippen molar-refractivity contribution in [3.05, 3.63) is 59.2 Å². The first-order valence-corrected chi connectivity index (χ1v) is 11.3. The molecule has 7 heteroatoms. The van der Waals surface area contributed by atoms with E-state index in [0.717, 1.165) is 24.2 Å². The van der Waals surface area contributed by atoms with E-state index in [2.05, 4.69) is 5.32 Å². The summed E-state index contributed by atoms with van der Waals surface area (Å²) < 4.78 is 33.0. The van der Waals surface area contributed by atoms with Crippen molar-refractivity contribution >= 4 is 15.9 Å². The third kappa shape index (κ3) is 5.16. The maximum atomic E-state index is 12.9. The van der Waals surface area contributed by atoms with Crippen LogP contribution in [0.15, 0.2) is 47.4 Å². The Bertz CT molecular complexity index is 965. The van der Waals surface area contributed by atoms with Crippen LogP contribution in [0.5, 0.6) is 5.75 Å². The Balaban J connectivity index is 1.66. The average molecular weight is 417 g/mol. The van der Waals surface area contributed by atoms with Gasteiger partial charge in [-0.1, -0.05) is 23.8 Å². The largest absolute Gasteiger partial charge is 0.491 e. The van der Waals surface area contributed by atoms with Crippen LogP contribution in [0, 0.1) is 13.8 Å². The minimum atomic E-state index is -3.58. The van der Waals surface area contributed by atoms with Crippen LogP contribution in [0.2, 0.25) is 0 Å². The first-order valence-electron chi connectivity index (χ1n) is 9.88.